The van der Waals surface area contributed by atoms with E-state index in [4.69, 9.17) is 4.74 Å². The van der Waals surface area contributed by atoms with Crippen LogP contribution >= 0.6 is 11.8 Å². The van der Waals surface area contributed by atoms with Gasteiger partial charge in [0, 0.05) is 23.7 Å². The van der Waals surface area contributed by atoms with E-state index in [2.05, 4.69) is 10.2 Å². The molecule has 0 saturated carbocycles. The van der Waals surface area contributed by atoms with Gasteiger partial charge in [0.15, 0.2) is 5.41 Å². The van der Waals surface area contributed by atoms with Crippen molar-refractivity contribution in [2.45, 2.75) is 12.5 Å². The van der Waals surface area contributed by atoms with E-state index in [0.717, 1.165) is 28.4 Å². The van der Waals surface area contributed by atoms with Crippen LogP contribution in [0.5, 0.6) is 5.75 Å². The molecule has 0 aliphatic carbocycles. The number of ether oxygens (including phenoxy) is 1. The van der Waals surface area contributed by atoms with E-state index < -0.39 is 23.3 Å². The van der Waals surface area contributed by atoms with E-state index in [0.29, 0.717) is 17.2 Å². The molecule has 0 bridgehead atoms. The number of para-hydroxylation sites is 1. The topological polar surface area (TPSA) is 79.0 Å². The molecule has 2 aromatic carbocycles. The van der Waals surface area contributed by atoms with Gasteiger partial charge in [-0.3, -0.25) is 14.9 Å². The second kappa shape index (κ2) is 7.05. The summed E-state index contributed by atoms with van der Waals surface area (Å²) in [6.45, 7) is 0.755. The van der Waals surface area contributed by atoms with E-state index in [1.807, 2.05) is 24.3 Å². The third-order valence-corrected chi connectivity index (χ3v) is 7.23. The molecule has 1 spiro atoms. The maximum absolute atomic E-state index is 13.9. The van der Waals surface area contributed by atoms with Gasteiger partial charge < -0.3 is 9.64 Å². The lowest BCUT2D eigenvalue weighted by Crippen LogP contribution is -2.73. The van der Waals surface area contributed by atoms with E-state index in [-0.39, 0.29) is 12.5 Å². The average molecular weight is 423 g/mol. The molecular formula is C22H21N3O4S. The van der Waals surface area contributed by atoms with Crippen molar-refractivity contribution in [2.24, 2.45) is 5.41 Å². The number of imide groups is 2. The monoisotopic (exact) mass is 423 g/mol. The number of nitrogens with zero attached hydrogens (tertiary/aromatic N) is 2. The quantitative estimate of drug-likeness (QED) is 0.748. The number of nitrogens with one attached hydrogen (secondary N) is 1. The summed E-state index contributed by atoms with van der Waals surface area (Å²) in [4.78, 5) is 43.2. The fraction of sp³-hybridized carbons (Fsp3) is 0.318. The highest BCUT2D eigenvalue weighted by molar-refractivity contribution is 7.99. The van der Waals surface area contributed by atoms with E-state index >= 15 is 0 Å². The van der Waals surface area contributed by atoms with Crippen molar-refractivity contribution in [3.63, 3.8) is 0 Å². The van der Waals surface area contributed by atoms with Gasteiger partial charge in [-0.25, -0.2) is 9.69 Å². The van der Waals surface area contributed by atoms with Gasteiger partial charge in [-0.1, -0.05) is 18.2 Å². The summed E-state index contributed by atoms with van der Waals surface area (Å²) < 4.78 is 5.18. The van der Waals surface area contributed by atoms with E-state index in [9.17, 15) is 14.4 Å². The molecule has 2 atom stereocenters. The highest BCUT2D eigenvalue weighted by Crippen LogP contribution is 2.47. The molecule has 2 saturated heterocycles. The fourth-order valence-corrected chi connectivity index (χ4v) is 5.91. The predicted molar refractivity (Wildman–Crippen MR) is 115 cm³/mol. The van der Waals surface area contributed by atoms with Gasteiger partial charge in [-0.05, 0) is 42.3 Å². The number of fused-ring (bicyclic) bond motifs is 4. The van der Waals surface area contributed by atoms with Crippen molar-refractivity contribution in [3.8, 4) is 5.75 Å². The van der Waals surface area contributed by atoms with Gasteiger partial charge >= 0.3 is 6.03 Å². The Morgan fingerprint density at radius 2 is 1.87 bits per heavy atom. The molecule has 3 aliphatic rings. The van der Waals surface area contributed by atoms with Gasteiger partial charge in [-0.2, -0.15) is 11.8 Å². The number of anilines is 2. The standard InChI is InChI=1S/C22H21N3O4S/c1-29-16-8-6-15(7-9-16)25-20(27)22(19(26)23-21(25)28)12-14-4-2-3-5-17(14)24-10-11-30-13-18(22)24/h2-9,18H,10-13H2,1H3,(H,23,26,28)/t18-,22-/m0/s1. The van der Waals surface area contributed by atoms with Gasteiger partial charge in [-0.15, -0.1) is 0 Å². The second-order valence-electron chi connectivity index (χ2n) is 7.66. The van der Waals surface area contributed by atoms with Crippen LogP contribution in [0.4, 0.5) is 16.2 Å². The molecule has 2 fully saturated rings. The summed E-state index contributed by atoms with van der Waals surface area (Å²) in [5.74, 6) is 1.23. The Kier molecular flexibility index (Phi) is 4.47. The highest BCUT2D eigenvalue weighted by atomic mass is 32.2. The summed E-state index contributed by atoms with van der Waals surface area (Å²) in [6.07, 6.45) is 0.273. The van der Waals surface area contributed by atoms with Crippen molar-refractivity contribution >= 4 is 41.0 Å². The molecule has 4 amide bonds. The third kappa shape index (κ3) is 2.63. The molecule has 5 rings (SSSR count). The molecule has 3 heterocycles. The van der Waals surface area contributed by atoms with Gasteiger partial charge in [0.25, 0.3) is 5.91 Å². The molecule has 30 heavy (non-hydrogen) atoms. The lowest BCUT2D eigenvalue weighted by atomic mass is 9.69. The average Bonchev–Trinajstić information content (AvgIpc) is 2.78. The number of methoxy groups -OCH3 is 1. The molecule has 0 radical (unpaired) electrons. The molecule has 8 heteroatoms. The minimum absolute atomic E-state index is 0.273. The van der Waals surface area contributed by atoms with E-state index in [1.54, 1.807) is 43.1 Å². The number of carbonyl (C=O) groups is 3. The number of urea groups is 1. The number of rotatable bonds is 2. The minimum atomic E-state index is -1.35. The summed E-state index contributed by atoms with van der Waals surface area (Å²) in [5, 5.41) is 2.47. The van der Waals surface area contributed by atoms with Crippen molar-refractivity contribution in [1.29, 1.82) is 0 Å². The zero-order valence-corrected chi connectivity index (χ0v) is 17.3. The van der Waals surface area contributed by atoms with Crippen LogP contribution in [0.3, 0.4) is 0 Å². The Morgan fingerprint density at radius 1 is 1.10 bits per heavy atom. The second-order valence-corrected chi connectivity index (χ2v) is 8.81. The highest BCUT2D eigenvalue weighted by Gasteiger charge is 2.62. The Labute approximate surface area is 178 Å². The van der Waals surface area contributed by atoms with Crippen LogP contribution in [0.25, 0.3) is 0 Å². The molecule has 1 N–H and O–H groups in total. The van der Waals surface area contributed by atoms with Gasteiger partial charge in [0.05, 0.1) is 18.8 Å². The Morgan fingerprint density at radius 3 is 2.63 bits per heavy atom. The molecule has 0 unspecified atom stereocenters. The number of hydrogen-bond donors (Lipinski definition) is 1. The molecule has 7 nitrogen and oxygen atoms in total. The van der Waals surface area contributed by atoms with Crippen LogP contribution in [0.15, 0.2) is 48.5 Å². The largest absolute Gasteiger partial charge is 0.497 e. The van der Waals surface area contributed by atoms with Crippen molar-refractivity contribution in [2.75, 3.05) is 35.0 Å². The Bertz CT molecular complexity index is 1040. The number of amides is 4. The molecule has 0 aromatic heterocycles. The molecular weight excluding hydrogens is 402 g/mol. The van der Waals surface area contributed by atoms with Crippen LogP contribution in [-0.2, 0) is 16.0 Å². The zero-order chi connectivity index (χ0) is 20.9. The smallest absolute Gasteiger partial charge is 0.335 e. The summed E-state index contributed by atoms with van der Waals surface area (Å²) >= 11 is 1.74. The van der Waals surface area contributed by atoms with Crippen LogP contribution < -0.4 is 19.9 Å². The minimum Gasteiger partial charge on any atom is -0.497 e. The van der Waals surface area contributed by atoms with Crippen molar-refractivity contribution in [3.05, 3.63) is 54.1 Å². The third-order valence-electron chi connectivity index (χ3n) is 6.21. The summed E-state index contributed by atoms with van der Waals surface area (Å²) in [6, 6.07) is 13.6. The van der Waals surface area contributed by atoms with Gasteiger partial charge in [0.1, 0.15) is 5.75 Å². The normalized spacial score (nSPS) is 25.6. The van der Waals surface area contributed by atoms with Crippen LogP contribution in [0, 0.1) is 5.41 Å². The first-order chi connectivity index (χ1) is 14.6. The maximum Gasteiger partial charge on any atom is 0.335 e. The number of thioether (sulfide) groups is 1. The maximum atomic E-state index is 13.9. The molecule has 3 aliphatic heterocycles. The van der Waals surface area contributed by atoms with Crippen molar-refractivity contribution in [1.82, 2.24) is 5.32 Å². The number of hydrogen-bond acceptors (Lipinski definition) is 6. The van der Waals surface area contributed by atoms with Crippen LogP contribution in [0.1, 0.15) is 5.56 Å². The lowest BCUT2D eigenvalue weighted by molar-refractivity contribution is -0.144. The van der Waals surface area contributed by atoms with Crippen molar-refractivity contribution < 1.29 is 19.1 Å². The number of barbiturate groups is 1. The molecule has 2 aromatic rings. The zero-order valence-electron chi connectivity index (χ0n) is 16.5. The Balaban J connectivity index is 1.63. The first kappa shape index (κ1) is 19.0. The SMILES string of the molecule is COc1ccc(N2C(=O)NC(=O)[C@@]3(Cc4ccccc4N4CCSC[C@H]43)C2=O)cc1. The Hall–Kier alpha value is -3.00. The predicted octanol–water partition coefficient (Wildman–Crippen LogP) is 2.44. The van der Waals surface area contributed by atoms with Crippen LogP contribution in [0.2, 0.25) is 0 Å². The number of carbonyl (C=O) groups excluding carboxylic acids is 3. The van der Waals surface area contributed by atoms with E-state index in [1.165, 1.54) is 0 Å². The lowest BCUT2D eigenvalue weighted by Gasteiger charge is -2.53. The molecule has 154 valence electrons. The first-order valence-electron chi connectivity index (χ1n) is 9.82. The fourth-order valence-electron chi connectivity index (χ4n) is 4.73. The number of benzene rings is 2. The summed E-state index contributed by atoms with van der Waals surface area (Å²) in [5.41, 5.74) is 1.09. The first-order valence-corrected chi connectivity index (χ1v) is 11.0. The summed E-state index contributed by atoms with van der Waals surface area (Å²) in [7, 11) is 1.55. The van der Waals surface area contributed by atoms with Gasteiger partial charge in [0.2, 0.25) is 5.91 Å². The van der Waals surface area contributed by atoms with Crippen LogP contribution in [-0.4, -0.2) is 49.0 Å².